The third kappa shape index (κ3) is 5.84. The molecule has 0 fully saturated rings. The Morgan fingerprint density at radius 2 is 1.43 bits per heavy atom. The molecule has 1 N–H and O–H groups in total. The van der Waals surface area contributed by atoms with Crippen molar-refractivity contribution in [2.75, 3.05) is 0 Å². The third-order valence-corrected chi connectivity index (χ3v) is 11.2. The first kappa shape index (κ1) is 22.5. The predicted molar refractivity (Wildman–Crippen MR) is 101 cm³/mol. The van der Waals surface area contributed by atoms with Gasteiger partial charge in [-0.2, -0.15) is 0 Å². The van der Waals surface area contributed by atoms with Gasteiger partial charge < -0.3 is 9.53 Å². The summed E-state index contributed by atoms with van der Waals surface area (Å²) in [6, 6.07) is 0. The highest BCUT2D eigenvalue weighted by Crippen LogP contribution is 2.43. The smallest absolute Gasteiger partial charge is 0.200 e. The number of rotatable bonds is 10. The topological polar surface area (TPSA) is 46.5 Å². The van der Waals surface area contributed by atoms with Gasteiger partial charge in [0.05, 0.1) is 6.10 Å². The minimum absolute atomic E-state index is 0.0715. The second kappa shape index (κ2) is 9.75. The fourth-order valence-corrected chi connectivity index (χ4v) is 9.42. The van der Waals surface area contributed by atoms with E-state index in [2.05, 4.69) is 41.5 Å². The van der Waals surface area contributed by atoms with Gasteiger partial charge in [-0.3, -0.25) is 4.79 Å². The van der Waals surface area contributed by atoms with Crippen LogP contribution in [0.25, 0.3) is 0 Å². The minimum Gasteiger partial charge on any atom is -0.413 e. The van der Waals surface area contributed by atoms with Crippen molar-refractivity contribution in [3.8, 4) is 0 Å². The molecule has 23 heavy (non-hydrogen) atoms. The van der Waals surface area contributed by atoms with Crippen molar-refractivity contribution >= 4 is 14.1 Å². The quantitative estimate of drug-likeness (QED) is 0.444. The van der Waals surface area contributed by atoms with Crippen LogP contribution in [0.1, 0.15) is 68.7 Å². The second-order valence-electron chi connectivity index (χ2n) is 7.72. The number of aliphatic hydroxyl groups excluding tert-OH is 1. The van der Waals surface area contributed by atoms with E-state index in [9.17, 15) is 9.90 Å². The van der Waals surface area contributed by atoms with E-state index in [-0.39, 0.29) is 17.8 Å². The lowest BCUT2D eigenvalue weighted by molar-refractivity contribution is -0.126. The van der Waals surface area contributed by atoms with E-state index in [0.29, 0.717) is 23.0 Å². The second-order valence-corrected chi connectivity index (χ2v) is 13.1. The first-order chi connectivity index (χ1) is 10.5. The average Bonchev–Trinajstić information content (AvgIpc) is 2.42. The lowest BCUT2D eigenvalue weighted by atomic mass is 9.95. The molecule has 3 atom stereocenters. The van der Waals surface area contributed by atoms with Crippen LogP contribution in [-0.2, 0) is 9.22 Å². The minimum atomic E-state index is -1.96. The Morgan fingerprint density at radius 3 is 1.78 bits per heavy atom. The van der Waals surface area contributed by atoms with Gasteiger partial charge in [0.2, 0.25) is 8.32 Å². The highest BCUT2D eigenvalue weighted by molar-refractivity contribution is 6.77. The lowest BCUT2D eigenvalue weighted by Gasteiger charge is -2.44. The molecule has 0 aromatic heterocycles. The zero-order chi connectivity index (χ0) is 18.4. The molecule has 0 aliphatic rings. The summed E-state index contributed by atoms with van der Waals surface area (Å²) in [5.74, 6) is -0.312. The van der Waals surface area contributed by atoms with Crippen LogP contribution in [0.4, 0.5) is 0 Å². The first-order valence-electron chi connectivity index (χ1n) is 9.01. The van der Waals surface area contributed by atoms with E-state index in [4.69, 9.17) is 4.43 Å². The number of ketones is 1. The van der Waals surface area contributed by atoms with Crippen LogP contribution in [0.2, 0.25) is 16.6 Å². The van der Waals surface area contributed by atoms with E-state index < -0.39 is 14.4 Å². The lowest BCUT2D eigenvalue weighted by Crippen LogP contribution is -2.50. The van der Waals surface area contributed by atoms with Crippen LogP contribution in [0.15, 0.2) is 12.2 Å². The third-order valence-electron chi connectivity index (χ3n) is 5.01. The maximum Gasteiger partial charge on any atom is 0.200 e. The van der Waals surface area contributed by atoms with E-state index in [1.807, 2.05) is 13.8 Å². The van der Waals surface area contributed by atoms with Crippen LogP contribution in [0.3, 0.4) is 0 Å². The maximum atomic E-state index is 12.4. The number of Topliss-reactive ketones (excluding diaryl/α,β-unsaturated/α-hetero) is 1. The Labute approximate surface area is 144 Å². The molecule has 0 saturated heterocycles. The van der Waals surface area contributed by atoms with E-state index in [0.717, 1.165) is 0 Å². The molecular formula is C19H38O3Si. The molecule has 4 heteroatoms. The van der Waals surface area contributed by atoms with Gasteiger partial charge in [-0.1, -0.05) is 60.6 Å². The molecule has 0 amide bonds. The van der Waals surface area contributed by atoms with Gasteiger partial charge in [0.15, 0.2) is 0 Å². The summed E-state index contributed by atoms with van der Waals surface area (Å²) in [4.78, 5) is 12.4. The maximum absolute atomic E-state index is 12.4. The molecule has 0 rings (SSSR count). The number of carbonyl (C=O) groups is 1. The summed E-state index contributed by atoms with van der Waals surface area (Å²) in [6.07, 6.45) is 3.02. The van der Waals surface area contributed by atoms with Crippen molar-refractivity contribution in [2.45, 2.75) is 97.6 Å². The molecule has 136 valence electrons. The highest BCUT2D eigenvalue weighted by Gasteiger charge is 2.46. The molecular weight excluding hydrogens is 304 g/mol. The Kier molecular flexibility index (Phi) is 9.56. The molecule has 0 radical (unpaired) electrons. The molecule has 0 aliphatic heterocycles. The number of hydrogen-bond donors (Lipinski definition) is 1. The van der Waals surface area contributed by atoms with Crippen molar-refractivity contribution in [2.24, 2.45) is 5.92 Å². The summed E-state index contributed by atoms with van der Waals surface area (Å²) >= 11 is 0. The van der Waals surface area contributed by atoms with Crippen LogP contribution in [-0.4, -0.2) is 31.4 Å². The Balaban J connectivity index is 5.03. The van der Waals surface area contributed by atoms with Crippen LogP contribution in [0.5, 0.6) is 0 Å². The molecule has 0 bridgehead atoms. The molecule has 0 aliphatic carbocycles. The molecule has 0 saturated carbocycles. The van der Waals surface area contributed by atoms with E-state index in [1.54, 1.807) is 19.1 Å². The fraction of sp³-hybridized carbons (Fsp3) is 0.842. The standard InChI is InChI=1S/C19H38O3Si/c1-10-11-18(20)17(9)19(21)12-16(8)22-23(13(2)3,14(4)5)15(6)7/h10-11,13-18,20H,12H2,1-9H3/b11-10+/t16-,17-,18?/m0/s1. The number of carbonyl (C=O) groups excluding carboxylic acids is 1. The van der Waals surface area contributed by atoms with Crippen molar-refractivity contribution in [1.82, 2.24) is 0 Å². The number of allylic oxidation sites excluding steroid dienone is 1. The molecule has 0 spiro atoms. The Morgan fingerprint density at radius 1 is 1.00 bits per heavy atom. The van der Waals surface area contributed by atoms with Crippen LogP contribution >= 0.6 is 0 Å². The van der Waals surface area contributed by atoms with Crippen molar-refractivity contribution in [3.63, 3.8) is 0 Å². The van der Waals surface area contributed by atoms with Crippen molar-refractivity contribution < 1.29 is 14.3 Å². The molecule has 0 heterocycles. The van der Waals surface area contributed by atoms with Gasteiger partial charge in [0, 0.05) is 18.4 Å². The zero-order valence-electron chi connectivity index (χ0n) is 16.6. The molecule has 3 nitrogen and oxygen atoms in total. The molecule has 0 aromatic carbocycles. The van der Waals surface area contributed by atoms with Crippen LogP contribution in [0, 0.1) is 5.92 Å². The summed E-state index contributed by atoms with van der Waals surface area (Å²) in [5, 5.41) is 9.96. The average molecular weight is 343 g/mol. The summed E-state index contributed by atoms with van der Waals surface area (Å²) in [6.45, 7) is 19.1. The van der Waals surface area contributed by atoms with E-state index >= 15 is 0 Å². The Hall–Kier alpha value is -0.453. The monoisotopic (exact) mass is 342 g/mol. The highest BCUT2D eigenvalue weighted by atomic mass is 28.4. The van der Waals surface area contributed by atoms with Crippen LogP contribution < -0.4 is 0 Å². The van der Waals surface area contributed by atoms with Gasteiger partial charge in [0.1, 0.15) is 5.78 Å². The van der Waals surface area contributed by atoms with Gasteiger partial charge >= 0.3 is 0 Å². The van der Waals surface area contributed by atoms with Crippen molar-refractivity contribution in [3.05, 3.63) is 12.2 Å². The fourth-order valence-electron chi connectivity index (χ4n) is 3.82. The van der Waals surface area contributed by atoms with E-state index in [1.165, 1.54) is 0 Å². The predicted octanol–water partition coefficient (Wildman–Crippen LogP) is 5.10. The SMILES string of the molecule is C/C=C/C(O)[C@H](C)C(=O)C[C@H](C)O[Si](C(C)C)(C(C)C)C(C)C. The largest absolute Gasteiger partial charge is 0.413 e. The first-order valence-corrected chi connectivity index (χ1v) is 11.2. The summed E-state index contributed by atoms with van der Waals surface area (Å²) in [5.41, 5.74) is 1.52. The number of aliphatic hydroxyl groups is 1. The molecule has 1 unspecified atom stereocenters. The molecule has 0 aromatic rings. The summed E-state index contributed by atoms with van der Waals surface area (Å²) < 4.78 is 6.60. The van der Waals surface area contributed by atoms with Gasteiger partial charge in [-0.25, -0.2) is 0 Å². The van der Waals surface area contributed by atoms with Gasteiger partial charge in [-0.15, -0.1) is 0 Å². The summed E-state index contributed by atoms with van der Waals surface area (Å²) in [7, 11) is -1.96. The zero-order valence-corrected chi connectivity index (χ0v) is 17.6. The normalized spacial score (nSPS) is 17.3. The van der Waals surface area contributed by atoms with Crippen molar-refractivity contribution in [1.29, 1.82) is 0 Å². The Bertz CT molecular complexity index is 366. The van der Waals surface area contributed by atoms with Gasteiger partial charge in [0.25, 0.3) is 0 Å². The number of hydrogen-bond acceptors (Lipinski definition) is 3. The van der Waals surface area contributed by atoms with Gasteiger partial charge in [-0.05, 0) is 30.5 Å².